The van der Waals surface area contributed by atoms with Crippen molar-refractivity contribution in [3.05, 3.63) is 0 Å². The molecule has 1 amide bonds. The summed E-state index contributed by atoms with van der Waals surface area (Å²) in [6, 6.07) is 1.08. The average molecular weight is 236 g/mol. The predicted molar refractivity (Wildman–Crippen MR) is 62.5 cm³/mol. The van der Waals surface area contributed by atoms with Crippen LogP contribution in [0.15, 0.2) is 0 Å². The SMILES string of the molecule is O=C(C1CC2CCC1N2)N1CC2CCC(C1)O2. The van der Waals surface area contributed by atoms with Gasteiger partial charge in [0.15, 0.2) is 0 Å². The molecule has 4 nitrogen and oxygen atoms in total. The second-order valence-electron chi connectivity index (χ2n) is 6.09. The lowest BCUT2D eigenvalue weighted by Gasteiger charge is -2.35. The highest BCUT2D eigenvalue weighted by Crippen LogP contribution is 2.36. The van der Waals surface area contributed by atoms with Crippen LogP contribution in [0, 0.1) is 5.92 Å². The molecule has 0 aromatic heterocycles. The van der Waals surface area contributed by atoms with Gasteiger partial charge < -0.3 is 15.0 Å². The Balaban J connectivity index is 1.46. The van der Waals surface area contributed by atoms with E-state index in [0.29, 0.717) is 30.2 Å². The number of morpholine rings is 1. The van der Waals surface area contributed by atoms with Crippen molar-refractivity contribution in [2.24, 2.45) is 5.92 Å². The van der Waals surface area contributed by atoms with Crippen LogP contribution in [0.1, 0.15) is 32.1 Å². The molecule has 0 aromatic rings. The van der Waals surface area contributed by atoms with Crippen molar-refractivity contribution in [3.63, 3.8) is 0 Å². The van der Waals surface area contributed by atoms with E-state index in [9.17, 15) is 4.79 Å². The minimum absolute atomic E-state index is 0.256. The van der Waals surface area contributed by atoms with E-state index in [1.165, 1.54) is 12.8 Å². The van der Waals surface area contributed by atoms with Crippen molar-refractivity contribution in [1.29, 1.82) is 0 Å². The lowest BCUT2D eigenvalue weighted by Crippen LogP contribution is -2.49. The number of likely N-dealkylation sites (tertiary alicyclic amines) is 1. The first kappa shape index (κ1) is 10.3. The molecule has 4 rings (SSSR count). The molecule has 0 radical (unpaired) electrons. The first-order valence-electron chi connectivity index (χ1n) is 7.00. The Morgan fingerprint density at radius 1 is 1.12 bits per heavy atom. The van der Waals surface area contributed by atoms with Gasteiger partial charge in [0, 0.05) is 25.2 Å². The van der Waals surface area contributed by atoms with Gasteiger partial charge in [0.25, 0.3) is 0 Å². The van der Waals surface area contributed by atoms with Crippen LogP contribution in [0.4, 0.5) is 0 Å². The summed E-state index contributed by atoms with van der Waals surface area (Å²) in [5.74, 6) is 0.649. The summed E-state index contributed by atoms with van der Waals surface area (Å²) in [7, 11) is 0. The van der Waals surface area contributed by atoms with Crippen molar-refractivity contribution < 1.29 is 9.53 Å². The zero-order valence-electron chi connectivity index (χ0n) is 10.1. The molecular formula is C13H20N2O2. The minimum Gasteiger partial charge on any atom is -0.371 e. The third-order valence-corrected chi connectivity index (χ3v) is 4.97. The van der Waals surface area contributed by atoms with Gasteiger partial charge in [0.2, 0.25) is 5.91 Å². The Morgan fingerprint density at radius 3 is 2.47 bits per heavy atom. The largest absolute Gasteiger partial charge is 0.371 e. The zero-order valence-corrected chi connectivity index (χ0v) is 10.1. The molecule has 0 aromatic carbocycles. The Labute approximate surface area is 102 Å². The van der Waals surface area contributed by atoms with Gasteiger partial charge in [-0.1, -0.05) is 0 Å². The highest BCUT2D eigenvalue weighted by atomic mass is 16.5. The second kappa shape index (κ2) is 3.69. The Hall–Kier alpha value is -0.610. The number of nitrogens with one attached hydrogen (secondary N) is 1. The first-order chi connectivity index (χ1) is 8.29. The molecule has 4 aliphatic heterocycles. The summed E-state index contributed by atoms with van der Waals surface area (Å²) < 4.78 is 5.79. The Morgan fingerprint density at radius 2 is 1.88 bits per heavy atom. The molecule has 0 saturated carbocycles. The van der Waals surface area contributed by atoms with Crippen LogP contribution in [0.5, 0.6) is 0 Å². The highest BCUT2D eigenvalue weighted by molar-refractivity contribution is 5.80. The van der Waals surface area contributed by atoms with E-state index in [-0.39, 0.29) is 5.92 Å². The van der Waals surface area contributed by atoms with Crippen LogP contribution < -0.4 is 5.32 Å². The molecule has 4 saturated heterocycles. The van der Waals surface area contributed by atoms with Gasteiger partial charge in [0.05, 0.1) is 18.1 Å². The van der Waals surface area contributed by atoms with Gasteiger partial charge in [0.1, 0.15) is 0 Å². The van der Waals surface area contributed by atoms with E-state index < -0.39 is 0 Å². The summed E-state index contributed by atoms with van der Waals surface area (Å²) in [6.07, 6.45) is 6.46. The lowest BCUT2D eigenvalue weighted by atomic mass is 9.88. The van der Waals surface area contributed by atoms with Gasteiger partial charge in [-0.2, -0.15) is 0 Å². The van der Waals surface area contributed by atoms with Gasteiger partial charge in [-0.25, -0.2) is 0 Å². The standard InChI is InChI=1S/C13H20N2O2/c16-13(11-5-8-1-4-12(11)14-8)15-6-9-2-3-10(7-15)17-9/h8-12,14H,1-7H2. The fourth-order valence-electron chi connectivity index (χ4n) is 4.13. The minimum atomic E-state index is 0.256. The number of amides is 1. The maximum atomic E-state index is 12.5. The summed E-state index contributed by atoms with van der Waals surface area (Å²) in [5, 5.41) is 3.56. The molecule has 17 heavy (non-hydrogen) atoms. The first-order valence-corrected chi connectivity index (χ1v) is 7.00. The molecule has 1 N–H and O–H groups in total. The molecule has 0 spiro atoms. The number of fused-ring (bicyclic) bond motifs is 4. The van der Waals surface area contributed by atoms with Gasteiger partial charge >= 0.3 is 0 Å². The number of carbonyl (C=O) groups excluding carboxylic acids is 1. The normalized spacial score (nSPS) is 47.8. The van der Waals surface area contributed by atoms with Gasteiger partial charge in [-0.05, 0) is 32.1 Å². The molecule has 5 atom stereocenters. The molecular weight excluding hydrogens is 216 g/mol. The molecule has 94 valence electrons. The monoisotopic (exact) mass is 236 g/mol. The fourth-order valence-corrected chi connectivity index (χ4v) is 4.13. The van der Waals surface area contributed by atoms with Crippen molar-refractivity contribution in [3.8, 4) is 0 Å². The summed E-state index contributed by atoms with van der Waals surface area (Å²) in [6.45, 7) is 1.67. The lowest BCUT2D eigenvalue weighted by molar-refractivity contribution is -0.144. The van der Waals surface area contributed by atoms with Crippen LogP contribution in [0.2, 0.25) is 0 Å². The summed E-state index contributed by atoms with van der Waals surface area (Å²) in [4.78, 5) is 14.6. The van der Waals surface area contributed by atoms with Crippen molar-refractivity contribution in [2.45, 2.75) is 56.4 Å². The van der Waals surface area contributed by atoms with Crippen LogP contribution in [0.3, 0.4) is 0 Å². The Bertz CT molecular complexity index is 334. The molecule has 4 heteroatoms. The van der Waals surface area contributed by atoms with Crippen molar-refractivity contribution in [1.82, 2.24) is 10.2 Å². The van der Waals surface area contributed by atoms with E-state index in [0.717, 1.165) is 32.4 Å². The third-order valence-electron chi connectivity index (χ3n) is 4.97. The maximum absolute atomic E-state index is 12.5. The average Bonchev–Trinajstić information content (AvgIpc) is 3.04. The number of hydrogen-bond donors (Lipinski definition) is 1. The molecule has 4 bridgehead atoms. The number of ether oxygens (including phenoxy) is 1. The van der Waals surface area contributed by atoms with Gasteiger partial charge in [-0.15, -0.1) is 0 Å². The van der Waals surface area contributed by atoms with E-state index in [1.54, 1.807) is 0 Å². The summed E-state index contributed by atoms with van der Waals surface area (Å²) >= 11 is 0. The zero-order chi connectivity index (χ0) is 11.4. The molecule has 4 heterocycles. The number of hydrogen-bond acceptors (Lipinski definition) is 3. The topological polar surface area (TPSA) is 41.6 Å². The van der Waals surface area contributed by atoms with E-state index in [2.05, 4.69) is 10.2 Å². The number of nitrogens with zero attached hydrogens (tertiary/aromatic N) is 1. The smallest absolute Gasteiger partial charge is 0.227 e. The van der Waals surface area contributed by atoms with E-state index >= 15 is 0 Å². The quantitative estimate of drug-likeness (QED) is 0.721. The van der Waals surface area contributed by atoms with Crippen LogP contribution in [-0.4, -0.2) is 48.2 Å². The van der Waals surface area contributed by atoms with Crippen LogP contribution in [0.25, 0.3) is 0 Å². The van der Waals surface area contributed by atoms with Gasteiger partial charge in [-0.3, -0.25) is 4.79 Å². The fraction of sp³-hybridized carbons (Fsp3) is 0.923. The number of carbonyl (C=O) groups is 1. The molecule has 5 unspecified atom stereocenters. The predicted octanol–water partition coefficient (Wildman–Crippen LogP) is 0.517. The van der Waals surface area contributed by atoms with Crippen LogP contribution in [-0.2, 0) is 9.53 Å². The summed E-state index contributed by atoms with van der Waals surface area (Å²) in [5.41, 5.74) is 0. The highest BCUT2D eigenvalue weighted by Gasteiger charge is 2.46. The van der Waals surface area contributed by atoms with Crippen molar-refractivity contribution >= 4 is 5.91 Å². The molecule has 4 aliphatic rings. The van der Waals surface area contributed by atoms with Crippen molar-refractivity contribution in [2.75, 3.05) is 13.1 Å². The van der Waals surface area contributed by atoms with Crippen LogP contribution >= 0.6 is 0 Å². The Kier molecular flexibility index (Phi) is 2.24. The maximum Gasteiger partial charge on any atom is 0.227 e. The molecule has 0 aliphatic carbocycles. The van der Waals surface area contributed by atoms with E-state index in [1.807, 2.05) is 0 Å². The second-order valence-corrected chi connectivity index (χ2v) is 6.09. The third kappa shape index (κ3) is 1.61. The molecule has 4 fully saturated rings. The van der Waals surface area contributed by atoms with E-state index in [4.69, 9.17) is 4.74 Å². The number of rotatable bonds is 1.